The van der Waals surface area contributed by atoms with Crippen molar-refractivity contribution in [2.24, 2.45) is 11.7 Å². The van der Waals surface area contributed by atoms with Crippen LogP contribution in [0.5, 0.6) is 5.75 Å². The largest absolute Gasteiger partial charge is 0.494 e. The first-order valence-corrected chi connectivity index (χ1v) is 12.2. The molecule has 1 aliphatic carbocycles. The van der Waals surface area contributed by atoms with Crippen molar-refractivity contribution >= 4 is 22.6 Å². The average molecular weight is 466 g/mol. The van der Waals surface area contributed by atoms with Crippen LogP contribution in [0.2, 0.25) is 0 Å². The summed E-state index contributed by atoms with van der Waals surface area (Å²) >= 11 is 0. The third-order valence-electron chi connectivity index (χ3n) is 6.74. The molecule has 1 unspecified atom stereocenters. The van der Waals surface area contributed by atoms with Crippen molar-refractivity contribution in [2.75, 3.05) is 31.6 Å². The van der Waals surface area contributed by atoms with Crippen molar-refractivity contribution < 1.29 is 9.53 Å². The summed E-state index contributed by atoms with van der Waals surface area (Å²) in [4.78, 5) is 15.1. The summed E-state index contributed by atoms with van der Waals surface area (Å²) in [5, 5.41) is 19.3. The Morgan fingerprint density at radius 1 is 1.18 bits per heavy atom. The van der Waals surface area contributed by atoms with E-state index in [0.29, 0.717) is 16.8 Å². The normalized spacial score (nSPS) is 16.9. The molecule has 2 aliphatic rings. The Labute approximate surface area is 200 Å². The lowest BCUT2D eigenvalue weighted by atomic mass is 9.86. The summed E-state index contributed by atoms with van der Waals surface area (Å²) < 4.78 is 5.31. The Balaban J connectivity index is 0.000000398. The maximum Gasteiger partial charge on any atom is 0.252 e. The van der Waals surface area contributed by atoms with E-state index < -0.39 is 0 Å². The molecule has 3 aromatic rings. The molecule has 0 bridgehead atoms. The maximum atomic E-state index is 12.8. The molecule has 1 saturated heterocycles. The monoisotopic (exact) mass is 465 g/mol. The fourth-order valence-electron chi connectivity index (χ4n) is 4.31. The highest BCUT2D eigenvalue weighted by molar-refractivity contribution is 6.07. The summed E-state index contributed by atoms with van der Waals surface area (Å²) in [6, 6.07) is 7.15. The van der Waals surface area contributed by atoms with E-state index in [4.69, 9.17) is 10.5 Å². The molecule has 2 fully saturated rings. The van der Waals surface area contributed by atoms with Gasteiger partial charge in [-0.05, 0) is 75.8 Å². The van der Waals surface area contributed by atoms with E-state index >= 15 is 0 Å². The van der Waals surface area contributed by atoms with Crippen LogP contribution < -0.4 is 20.7 Å². The Morgan fingerprint density at radius 3 is 2.56 bits per heavy atom. The fourth-order valence-corrected chi connectivity index (χ4v) is 4.31. The molecule has 1 aliphatic heterocycles. The van der Waals surface area contributed by atoms with Crippen molar-refractivity contribution in [1.29, 1.82) is 0 Å². The SMILES string of the molecule is COc1ccc(C(=O)NC(C)c2ccc(N3CCCCC3)nn2)c2cn[nH]c12.NCC1CCC1. The van der Waals surface area contributed by atoms with E-state index in [-0.39, 0.29) is 11.9 Å². The van der Waals surface area contributed by atoms with Gasteiger partial charge in [-0.25, -0.2) is 0 Å². The van der Waals surface area contributed by atoms with Gasteiger partial charge in [0.05, 0.1) is 30.6 Å². The standard InChI is InChI=1S/C20H24N6O2.C5H11N/c1-13(16-7-9-18(24-23-16)26-10-4-3-5-11-26)22-20(27)14-6-8-17(28-2)19-15(14)12-21-25-19;6-4-5-2-1-3-5/h6-9,12-13H,3-5,10-11H2,1-2H3,(H,21,25)(H,22,27);5H,1-4,6H2. The molecule has 2 aromatic heterocycles. The minimum absolute atomic E-state index is 0.191. The molecule has 1 aromatic carbocycles. The topological polar surface area (TPSA) is 122 Å². The van der Waals surface area contributed by atoms with Crippen molar-refractivity contribution in [2.45, 2.75) is 51.5 Å². The number of aromatic nitrogens is 4. The number of nitrogens with two attached hydrogens (primary N) is 1. The van der Waals surface area contributed by atoms with Crippen LogP contribution in [0, 0.1) is 5.92 Å². The van der Waals surface area contributed by atoms with E-state index in [2.05, 4.69) is 30.6 Å². The number of fused-ring (bicyclic) bond motifs is 1. The number of carbonyl (C=O) groups is 1. The second kappa shape index (κ2) is 11.3. The number of carbonyl (C=O) groups excluding carboxylic acids is 1. The van der Waals surface area contributed by atoms with Crippen LogP contribution in [0.15, 0.2) is 30.5 Å². The molecule has 182 valence electrons. The molecule has 0 radical (unpaired) electrons. The van der Waals surface area contributed by atoms with Gasteiger partial charge >= 0.3 is 0 Å². The number of methoxy groups -OCH3 is 1. The van der Waals surface area contributed by atoms with Gasteiger partial charge in [0.25, 0.3) is 5.91 Å². The van der Waals surface area contributed by atoms with E-state index in [1.54, 1.807) is 25.4 Å². The molecule has 5 rings (SSSR count). The van der Waals surface area contributed by atoms with Gasteiger partial charge in [0, 0.05) is 18.5 Å². The molecule has 1 saturated carbocycles. The molecule has 9 nitrogen and oxygen atoms in total. The summed E-state index contributed by atoms with van der Waals surface area (Å²) in [5.74, 6) is 2.25. The van der Waals surface area contributed by atoms with Gasteiger partial charge in [-0.15, -0.1) is 5.10 Å². The highest BCUT2D eigenvalue weighted by Gasteiger charge is 2.19. The molecule has 1 atom stereocenters. The third kappa shape index (κ3) is 5.47. The number of piperidine rings is 1. The lowest BCUT2D eigenvalue weighted by molar-refractivity contribution is 0.0940. The van der Waals surface area contributed by atoms with Crippen LogP contribution in [0.3, 0.4) is 0 Å². The summed E-state index contributed by atoms with van der Waals surface area (Å²) in [7, 11) is 1.59. The molecule has 3 heterocycles. The van der Waals surface area contributed by atoms with E-state index in [1.165, 1.54) is 38.5 Å². The van der Waals surface area contributed by atoms with Crippen LogP contribution in [-0.2, 0) is 0 Å². The first-order valence-electron chi connectivity index (χ1n) is 12.2. The van der Waals surface area contributed by atoms with E-state index in [0.717, 1.165) is 42.5 Å². The first kappa shape index (κ1) is 23.9. The van der Waals surface area contributed by atoms with Gasteiger partial charge in [-0.1, -0.05) is 6.42 Å². The van der Waals surface area contributed by atoms with Gasteiger partial charge in [0.2, 0.25) is 0 Å². The number of nitrogens with one attached hydrogen (secondary N) is 2. The van der Waals surface area contributed by atoms with Crippen molar-refractivity contribution in [3.05, 3.63) is 41.7 Å². The molecule has 34 heavy (non-hydrogen) atoms. The molecule has 9 heteroatoms. The number of amides is 1. The number of rotatable bonds is 6. The van der Waals surface area contributed by atoms with Gasteiger partial charge in [-0.3, -0.25) is 9.89 Å². The predicted molar refractivity (Wildman–Crippen MR) is 133 cm³/mol. The molecular formula is C25H35N7O2. The zero-order valence-electron chi connectivity index (χ0n) is 20.1. The van der Waals surface area contributed by atoms with E-state index in [9.17, 15) is 4.79 Å². The van der Waals surface area contributed by atoms with Crippen LogP contribution in [0.4, 0.5) is 5.82 Å². The molecule has 4 N–H and O–H groups in total. The third-order valence-corrected chi connectivity index (χ3v) is 6.74. The van der Waals surface area contributed by atoms with Gasteiger partial charge in [-0.2, -0.15) is 10.2 Å². The van der Waals surface area contributed by atoms with Crippen LogP contribution >= 0.6 is 0 Å². The van der Waals surface area contributed by atoms with E-state index in [1.807, 2.05) is 19.1 Å². The van der Waals surface area contributed by atoms with Gasteiger partial charge < -0.3 is 20.7 Å². The van der Waals surface area contributed by atoms with Crippen molar-refractivity contribution in [1.82, 2.24) is 25.7 Å². The number of nitrogens with zero attached hydrogens (tertiary/aromatic N) is 4. The predicted octanol–water partition coefficient (Wildman–Crippen LogP) is 3.59. The lowest BCUT2D eigenvalue weighted by Gasteiger charge is -2.27. The zero-order valence-corrected chi connectivity index (χ0v) is 20.1. The summed E-state index contributed by atoms with van der Waals surface area (Å²) in [6.45, 7) is 4.87. The maximum absolute atomic E-state index is 12.8. The molecular weight excluding hydrogens is 430 g/mol. The quantitative estimate of drug-likeness (QED) is 0.508. The van der Waals surface area contributed by atoms with Gasteiger partial charge in [0.15, 0.2) is 5.82 Å². The first-order chi connectivity index (χ1) is 16.6. The summed E-state index contributed by atoms with van der Waals surface area (Å²) in [5.41, 5.74) is 7.30. The Morgan fingerprint density at radius 2 is 1.97 bits per heavy atom. The summed E-state index contributed by atoms with van der Waals surface area (Å²) in [6.07, 6.45) is 9.49. The smallest absolute Gasteiger partial charge is 0.252 e. The Bertz CT molecular complexity index is 1070. The van der Waals surface area contributed by atoms with Crippen LogP contribution in [0.1, 0.15) is 67.5 Å². The minimum atomic E-state index is -0.264. The number of hydrogen-bond donors (Lipinski definition) is 3. The van der Waals surface area contributed by atoms with Gasteiger partial charge in [0.1, 0.15) is 11.3 Å². The Kier molecular flexibility index (Phi) is 7.95. The lowest BCUT2D eigenvalue weighted by Crippen LogP contribution is -2.31. The fraction of sp³-hybridized carbons (Fsp3) is 0.520. The number of ether oxygens (including phenoxy) is 1. The number of aromatic amines is 1. The minimum Gasteiger partial charge on any atom is -0.494 e. The number of hydrogen-bond acceptors (Lipinski definition) is 7. The van der Waals surface area contributed by atoms with Crippen molar-refractivity contribution in [3.63, 3.8) is 0 Å². The Hall–Kier alpha value is -3.20. The molecule has 0 spiro atoms. The zero-order chi connectivity index (χ0) is 23.9. The van der Waals surface area contributed by atoms with Crippen LogP contribution in [-0.4, -0.2) is 53.0 Å². The highest BCUT2D eigenvalue weighted by atomic mass is 16.5. The second-order valence-electron chi connectivity index (χ2n) is 9.07. The van der Waals surface area contributed by atoms with Crippen LogP contribution in [0.25, 0.3) is 10.9 Å². The van der Waals surface area contributed by atoms with Crippen molar-refractivity contribution in [3.8, 4) is 5.75 Å². The molecule has 1 amide bonds. The number of anilines is 1. The highest BCUT2D eigenvalue weighted by Crippen LogP contribution is 2.27. The number of H-pyrrole nitrogens is 1. The number of benzene rings is 1. The second-order valence-corrected chi connectivity index (χ2v) is 9.07. The average Bonchev–Trinajstić information content (AvgIpc) is 3.34.